The van der Waals surface area contributed by atoms with E-state index in [1.807, 2.05) is 0 Å². The number of phenolic OH excluding ortho intramolecular Hbond substituents is 1. The van der Waals surface area contributed by atoms with Crippen LogP contribution < -0.4 is 4.72 Å². The van der Waals surface area contributed by atoms with Crippen molar-refractivity contribution in [3.8, 4) is 5.75 Å². The van der Waals surface area contributed by atoms with E-state index in [4.69, 9.17) is 0 Å². The molecule has 0 aromatic heterocycles. The van der Waals surface area contributed by atoms with E-state index < -0.39 is 10.2 Å². The third-order valence-corrected chi connectivity index (χ3v) is 3.38. The van der Waals surface area contributed by atoms with Gasteiger partial charge in [-0.15, -0.1) is 0 Å². The second-order valence-corrected chi connectivity index (χ2v) is 5.28. The molecule has 6 heteroatoms. The van der Waals surface area contributed by atoms with Crippen LogP contribution >= 0.6 is 0 Å². The monoisotopic (exact) mass is 230 g/mol. The number of hydrogen-bond acceptors (Lipinski definition) is 3. The quantitative estimate of drug-likeness (QED) is 0.759. The Balaban J connectivity index is 2.96. The van der Waals surface area contributed by atoms with Crippen LogP contribution in [-0.2, 0) is 10.2 Å². The summed E-state index contributed by atoms with van der Waals surface area (Å²) < 4.78 is 26.3. The standard InChI is InChI=1S/C9H14N2O3S/c1-7-6-8(4-5-9(7)12)10-15(13,14)11(2)3/h4-6,10,12H,1-3H3. The first-order valence-electron chi connectivity index (χ1n) is 4.33. The van der Waals surface area contributed by atoms with Gasteiger partial charge in [-0.3, -0.25) is 4.72 Å². The van der Waals surface area contributed by atoms with Crippen molar-refractivity contribution in [2.75, 3.05) is 18.8 Å². The van der Waals surface area contributed by atoms with Gasteiger partial charge in [0.2, 0.25) is 0 Å². The lowest BCUT2D eigenvalue weighted by Gasteiger charge is -2.13. The second-order valence-electron chi connectivity index (χ2n) is 3.39. The third kappa shape index (κ3) is 2.84. The highest BCUT2D eigenvalue weighted by atomic mass is 32.2. The van der Waals surface area contributed by atoms with Crippen LogP contribution in [0.2, 0.25) is 0 Å². The third-order valence-electron chi connectivity index (χ3n) is 1.92. The Morgan fingerprint density at radius 3 is 2.40 bits per heavy atom. The molecular formula is C9H14N2O3S. The van der Waals surface area contributed by atoms with E-state index in [1.54, 1.807) is 13.0 Å². The first kappa shape index (κ1) is 11.8. The van der Waals surface area contributed by atoms with Gasteiger partial charge in [0.15, 0.2) is 0 Å². The maximum atomic E-state index is 11.4. The smallest absolute Gasteiger partial charge is 0.301 e. The van der Waals surface area contributed by atoms with Crippen LogP contribution in [-0.4, -0.2) is 31.9 Å². The van der Waals surface area contributed by atoms with Crippen LogP contribution in [0.1, 0.15) is 5.56 Å². The zero-order valence-corrected chi connectivity index (χ0v) is 9.67. The zero-order valence-electron chi connectivity index (χ0n) is 8.85. The van der Waals surface area contributed by atoms with Gasteiger partial charge in [-0.05, 0) is 30.7 Å². The van der Waals surface area contributed by atoms with Crippen LogP contribution in [0.3, 0.4) is 0 Å². The van der Waals surface area contributed by atoms with E-state index in [9.17, 15) is 13.5 Å². The van der Waals surface area contributed by atoms with Gasteiger partial charge in [0, 0.05) is 14.1 Å². The Morgan fingerprint density at radius 2 is 1.93 bits per heavy atom. The second kappa shape index (κ2) is 4.08. The first-order chi connectivity index (χ1) is 6.83. The van der Waals surface area contributed by atoms with Gasteiger partial charge >= 0.3 is 10.2 Å². The summed E-state index contributed by atoms with van der Waals surface area (Å²) in [5, 5.41) is 9.26. The minimum atomic E-state index is -3.48. The number of benzene rings is 1. The molecule has 0 aliphatic rings. The summed E-state index contributed by atoms with van der Waals surface area (Å²) in [5.41, 5.74) is 1.05. The van der Waals surface area contributed by atoms with E-state index >= 15 is 0 Å². The molecule has 0 saturated heterocycles. The van der Waals surface area contributed by atoms with Crippen LogP contribution in [0, 0.1) is 6.92 Å². The number of rotatable bonds is 3. The highest BCUT2D eigenvalue weighted by Crippen LogP contribution is 2.20. The van der Waals surface area contributed by atoms with Gasteiger partial charge in [-0.1, -0.05) is 0 Å². The number of nitrogens with zero attached hydrogens (tertiary/aromatic N) is 1. The maximum Gasteiger partial charge on any atom is 0.301 e. The minimum absolute atomic E-state index is 0.141. The molecule has 0 saturated carbocycles. The Morgan fingerprint density at radius 1 is 1.33 bits per heavy atom. The molecule has 1 aromatic rings. The number of hydrogen-bond donors (Lipinski definition) is 2. The number of aryl methyl sites for hydroxylation is 1. The first-order valence-corrected chi connectivity index (χ1v) is 5.77. The summed E-state index contributed by atoms with van der Waals surface area (Å²) in [6.07, 6.45) is 0. The Labute approximate surface area is 89.5 Å². The number of phenols is 1. The fraction of sp³-hybridized carbons (Fsp3) is 0.333. The van der Waals surface area contributed by atoms with Gasteiger partial charge in [0.25, 0.3) is 0 Å². The van der Waals surface area contributed by atoms with E-state index in [0.29, 0.717) is 11.3 Å². The highest BCUT2D eigenvalue weighted by molar-refractivity contribution is 7.90. The molecule has 0 spiro atoms. The van der Waals surface area contributed by atoms with Crippen molar-refractivity contribution >= 4 is 15.9 Å². The Hall–Kier alpha value is -1.27. The topological polar surface area (TPSA) is 69.6 Å². The average molecular weight is 230 g/mol. The predicted octanol–water partition coefficient (Wildman–Crippen LogP) is 0.919. The summed E-state index contributed by atoms with van der Waals surface area (Å²) in [5.74, 6) is 0.141. The van der Waals surface area contributed by atoms with Crippen molar-refractivity contribution < 1.29 is 13.5 Å². The molecule has 0 atom stereocenters. The Kier molecular flexibility index (Phi) is 3.21. The molecule has 0 aliphatic heterocycles. The fourth-order valence-corrected chi connectivity index (χ4v) is 1.57. The number of aromatic hydroxyl groups is 1. The van der Waals surface area contributed by atoms with Crippen molar-refractivity contribution in [3.05, 3.63) is 23.8 Å². The summed E-state index contributed by atoms with van der Waals surface area (Å²) in [7, 11) is -0.599. The lowest BCUT2D eigenvalue weighted by molar-refractivity contribution is 0.471. The van der Waals surface area contributed by atoms with Crippen molar-refractivity contribution in [3.63, 3.8) is 0 Å². The zero-order chi connectivity index (χ0) is 11.6. The summed E-state index contributed by atoms with van der Waals surface area (Å²) in [6.45, 7) is 1.70. The Bertz CT molecular complexity index is 454. The molecule has 0 unspecified atom stereocenters. The molecule has 0 aliphatic carbocycles. The van der Waals surface area contributed by atoms with E-state index in [2.05, 4.69) is 4.72 Å². The largest absolute Gasteiger partial charge is 0.508 e. The molecule has 0 amide bonds. The maximum absolute atomic E-state index is 11.4. The molecular weight excluding hydrogens is 216 g/mol. The molecule has 2 N–H and O–H groups in total. The van der Waals surface area contributed by atoms with E-state index in [-0.39, 0.29) is 5.75 Å². The molecule has 0 radical (unpaired) electrons. The number of anilines is 1. The summed E-state index contributed by atoms with van der Waals surface area (Å²) in [6, 6.07) is 4.52. The summed E-state index contributed by atoms with van der Waals surface area (Å²) >= 11 is 0. The van der Waals surface area contributed by atoms with Crippen molar-refractivity contribution in [1.29, 1.82) is 0 Å². The summed E-state index contributed by atoms with van der Waals surface area (Å²) in [4.78, 5) is 0. The molecule has 5 nitrogen and oxygen atoms in total. The molecule has 15 heavy (non-hydrogen) atoms. The number of nitrogens with one attached hydrogen (secondary N) is 1. The lowest BCUT2D eigenvalue weighted by Crippen LogP contribution is -2.28. The van der Waals surface area contributed by atoms with E-state index in [1.165, 1.54) is 26.2 Å². The van der Waals surface area contributed by atoms with Gasteiger partial charge in [0.1, 0.15) is 5.75 Å². The normalized spacial score (nSPS) is 11.7. The van der Waals surface area contributed by atoms with Crippen molar-refractivity contribution in [2.45, 2.75) is 6.92 Å². The molecule has 84 valence electrons. The van der Waals surface area contributed by atoms with Gasteiger partial charge in [-0.2, -0.15) is 12.7 Å². The van der Waals surface area contributed by atoms with Crippen LogP contribution in [0.25, 0.3) is 0 Å². The molecule has 0 bridgehead atoms. The fourth-order valence-electron chi connectivity index (χ4n) is 0.959. The van der Waals surface area contributed by atoms with Crippen molar-refractivity contribution in [2.24, 2.45) is 0 Å². The van der Waals surface area contributed by atoms with Crippen LogP contribution in [0.5, 0.6) is 5.75 Å². The molecule has 1 rings (SSSR count). The minimum Gasteiger partial charge on any atom is -0.508 e. The van der Waals surface area contributed by atoms with E-state index in [0.717, 1.165) is 4.31 Å². The molecule has 1 aromatic carbocycles. The predicted molar refractivity (Wildman–Crippen MR) is 59.1 cm³/mol. The molecule has 0 heterocycles. The van der Waals surface area contributed by atoms with Crippen LogP contribution in [0.4, 0.5) is 5.69 Å². The highest BCUT2D eigenvalue weighted by Gasteiger charge is 2.12. The van der Waals surface area contributed by atoms with Gasteiger partial charge in [0.05, 0.1) is 5.69 Å². The molecule has 0 fully saturated rings. The van der Waals surface area contributed by atoms with Gasteiger partial charge in [-0.25, -0.2) is 0 Å². The van der Waals surface area contributed by atoms with Crippen molar-refractivity contribution in [1.82, 2.24) is 4.31 Å². The lowest BCUT2D eigenvalue weighted by atomic mass is 10.2. The average Bonchev–Trinajstić information content (AvgIpc) is 2.10. The van der Waals surface area contributed by atoms with Gasteiger partial charge < -0.3 is 5.11 Å². The van der Waals surface area contributed by atoms with Crippen LogP contribution in [0.15, 0.2) is 18.2 Å². The SMILES string of the molecule is Cc1cc(NS(=O)(=O)N(C)C)ccc1O.